The number of amides is 2. The van der Waals surface area contributed by atoms with E-state index < -0.39 is 12.2 Å². The first kappa shape index (κ1) is 9.98. The second-order valence-electron chi connectivity index (χ2n) is 2.92. The first-order valence-electron chi connectivity index (χ1n) is 4.27. The van der Waals surface area contributed by atoms with Gasteiger partial charge in [0, 0.05) is 14.1 Å². The number of likely N-dealkylation sites (N-methyl/N-ethyl adjacent to an activating group) is 2. The Morgan fingerprint density at radius 1 is 1.08 bits per heavy atom. The van der Waals surface area contributed by atoms with E-state index in [4.69, 9.17) is 4.74 Å². The van der Waals surface area contributed by atoms with Crippen LogP contribution in [0.5, 0.6) is 0 Å². The van der Waals surface area contributed by atoms with Crippen LogP contribution in [-0.2, 0) is 14.3 Å². The zero-order chi connectivity index (χ0) is 9.84. The summed E-state index contributed by atoms with van der Waals surface area (Å²) in [7, 11) is 3.11. The molecule has 0 spiro atoms. The number of carbonyl (C=O) groups excluding carboxylic acids is 2. The number of rotatable bonds is 2. The van der Waals surface area contributed by atoms with Crippen LogP contribution in [0.4, 0.5) is 0 Å². The van der Waals surface area contributed by atoms with Gasteiger partial charge < -0.3 is 15.4 Å². The molecular formula is C8H14N2O3. The molecule has 13 heavy (non-hydrogen) atoms. The molecule has 1 aliphatic heterocycles. The van der Waals surface area contributed by atoms with Crippen molar-refractivity contribution in [3.63, 3.8) is 0 Å². The van der Waals surface area contributed by atoms with Gasteiger partial charge in [0.2, 0.25) is 11.8 Å². The van der Waals surface area contributed by atoms with Crippen LogP contribution in [0, 0.1) is 0 Å². The molecule has 0 aromatic carbocycles. The van der Waals surface area contributed by atoms with Crippen LogP contribution in [-0.4, -0.2) is 38.1 Å². The van der Waals surface area contributed by atoms with Crippen molar-refractivity contribution in [2.45, 2.75) is 25.0 Å². The molecule has 5 nitrogen and oxygen atoms in total. The van der Waals surface area contributed by atoms with Crippen LogP contribution < -0.4 is 10.6 Å². The SMILES string of the molecule is CNC(=O)C1CCC(C(=O)NC)O1. The van der Waals surface area contributed by atoms with E-state index in [0.717, 1.165) is 0 Å². The number of ether oxygens (including phenoxy) is 1. The molecule has 0 aromatic heterocycles. The monoisotopic (exact) mass is 186 g/mol. The van der Waals surface area contributed by atoms with Crippen molar-refractivity contribution in [1.29, 1.82) is 0 Å². The maximum atomic E-state index is 11.1. The Labute approximate surface area is 76.8 Å². The molecule has 0 aromatic rings. The molecule has 0 saturated carbocycles. The van der Waals surface area contributed by atoms with Gasteiger partial charge in [0.1, 0.15) is 12.2 Å². The van der Waals surface area contributed by atoms with Gasteiger partial charge in [-0.25, -0.2) is 0 Å². The number of hydrogen-bond donors (Lipinski definition) is 2. The molecule has 0 aliphatic carbocycles. The molecule has 1 fully saturated rings. The molecule has 2 atom stereocenters. The Bertz CT molecular complexity index is 195. The summed E-state index contributed by atoms with van der Waals surface area (Å²) >= 11 is 0. The van der Waals surface area contributed by atoms with Crippen molar-refractivity contribution in [1.82, 2.24) is 10.6 Å². The maximum Gasteiger partial charge on any atom is 0.248 e. The zero-order valence-electron chi connectivity index (χ0n) is 7.79. The number of nitrogens with one attached hydrogen (secondary N) is 2. The van der Waals surface area contributed by atoms with Gasteiger partial charge in [-0.05, 0) is 12.8 Å². The molecule has 2 amide bonds. The lowest BCUT2D eigenvalue weighted by atomic mass is 10.2. The fourth-order valence-corrected chi connectivity index (χ4v) is 1.34. The van der Waals surface area contributed by atoms with Crippen molar-refractivity contribution < 1.29 is 14.3 Å². The normalized spacial score (nSPS) is 26.9. The lowest BCUT2D eigenvalue weighted by Crippen LogP contribution is -2.36. The Morgan fingerprint density at radius 2 is 1.46 bits per heavy atom. The van der Waals surface area contributed by atoms with Crippen molar-refractivity contribution in [3.8, 4) is 0 Å². The summed E-state index contributed by atoms with van der Waals surface area (Å²) in [6, 6.07) is 0. The Morgan fingerprint density at radius 3 is 1.77 bits per heavy atom. The molecular weight excluding hydrogens is 172 g/mol. The van der Waals surface area contributed by atoms with Gasteiger partial charge in [-0.3, -0.25) is 9.59 Å². The highest BCUT2D eigenvalue weighted by Crippen LogP contribution is 2.19. The van der Waals surface area contributed by atoms with Crippen molar-refractivity contribution >= 4 is 11.8 Å². The Kier molecular flexibility index (Phi) is 3.25. The zero-order valence-corrected chi connectivity index (χ0v) is 7.79. The van der Waals surface area contributed by atoms with Gasteiger partial charge >= 0.3 is 0 Å². The maximum absolute atomic E-state index is 11.1. The lowest BCUT2D eigenvalue weighted by Gasteiger charge is -2.10. The fourth-order valence-electron chi connectivity index (χ4n) is 1.34. The molecule has 5 heteroatoms. The predicted octanol–water partition coefficient (Wildman–Crippen LogP) is -0.974. The average molecular weight is 186 g/mol. The largest absolute Gasteiger partial charge is 0.357 e. The number of hydrogen-bond acceptors (Lipinski definition) is 3. The molecule has 2 N–H and O–H groups in total. The second-order valence-corrected chi connectivity index (χ2v) is 2.92. The van der Waals surface area contributed by atoms with Crippen molar-refractivity contribution in [2.75, 3.05) is 14.1 Å². The molecule has 0 radical (unpaired) electrons. The van der Waals surface area contributed by atoms with E-state index in [9.17, 15) is 9.59 Å². The van der Waals surface area contributed by atoms with Crippen LogP contribution in [0.25, 0.3) is 0 Å². The van der Waals surface area contributed by atoms with Gasteiger partial charge in [-0.2, -0.15) is 0 Å². The Hall–Kier alpha value is -1.10. The van der Waals surface area contributed by atoms with E-state index in [2.05, 4.69) is 10.6 Å². The van der Waals surface area contributed by atoms with E-state index in [0.29, 0.717) is 12.8 Å². The summed E-state index contributed by atoms with van der Waals surface area (Å²) in [5.74, 6) is -0.321. The number of carbonyl (C=O) groups is 2. The van der Waals surface area contributed by atoms with Crippen LogP contribution in [0.15, 0.2) is 0 Å². The topological polar surface area (TPSA) is 67.4 Å². The third-order valence-electron chi connectivity index (χ3n) is 2.10. The molecule has 1 rings (SSSR count). The van der Waals surface area contributed by atoms with Crippen LogP contribution >= 0.6 is 0 Å². The molecule has 0 bridgehead atoms. The first-order valence-corrected chi connectivity index (χ1v) is 4.27. The smallest absolute Gasteiger partial charge is 0.248 e. The molecule has 74 valence electrons. The van der Waals surface area contributed by atoms with Crippen LogP contribution in [0.1, 0.15) is 12.8 Å². The van der Waals surface area contributed by atoms with E-state index >= 15 is 0 Å². The summed E-state index contributed by atoms with van der Waals surface area (Å²) < 4.78 is 5.24. The summed E-state index contributed by atoms with van der Waals surface area (Å²) in [6.07, 6.45) is 0.287. The molecule has 1 saturated heterocycles. The summed E-state index contributed by atoms with van der Waals surface area (Å²) in [6.45, 7) is 0. The standard InChI is InChI=1S/C8H14N2O3/c1-9-7(11)5-3-4-6(13-5)8(12)10-2/h5-6H,3-4H2,1-2H3,(H,9,11)(H,10,12). The third kappa shape index (κ3) is 2.18. The van der Waals surface area contributed by atoms with Crippen LogP contribution in [0.2, 0.25) is 0 Å². The predicted molar refractivity (Wildman–Crippen MR) is 46.0 cm³/mol. The highest BCUT2D eigenvalue weighted by molar-refractivity contribution is 5.84. The molecule has 1 aliphatic rings. The minimum atomic E-state index is -0.465. The average Bonchev–Trinajstić information content (AvgIpc) is 2.64. The minimum Gasteiger partial charge on any atom is -0.357 e. The summed E-state index contributed by atoms with van der Waals surface area (Å²) in [5.41, 5.74) is 0. The van der Waals surface area contributed by atoms with Gasteiger partial charge in [0.05, 0.1) is 0 Å². The van der Waals surface area contributed by atoms with E-state index in [1.165, 1.54) is 0 Å². The molecule has 1 heterocycles. The summed E-state index contributed by atoms with van der Waals surface area (Å²) in [4.78, 5) is 22.2. The first-order chi connectivity index (χ1) is 6.19. The van der Waals surface area contributed by atoms with Crippen LogP contribution in [0.3, 0.4) is 0 Å². The molecule has 2 unspecified atom stereocenters. The fraction of sp³-hybridized carbons (Fsp3) is 0.750. The Balaban J connectivity index is 2.44. The highest BCUT2D eigenvalue weighted by Gasteiger charge is 2.33. The van der Waals surface area contributed by atoms with Gasteiger partial charge in [-0.15, -0.1) is 0 Å². The van der Waals surface area contributed by atoms with E-state index in [1.807, 2.05) is 0 Å². The van der Waals surface area contributed by atoms with E-state index in [-0.39, 0.29) is 11.8 Å². The van der Waals surface area contributed by atoms with Gasteiger partial charge in [0.15, 0.2) is 0 Å². The lowest BCUT2D eigenvalue weighted by molar-refractivity contribution is -0.138. The van der Waals surface area contributed by atoms with Gasteiger partial charge in [0.25, 0.3) is 0 Å². The summed E-state index contributed by atoms with van der Waals surface area (Å²) in [5, 5.41) is 4.98. The van der Waals surface area contributed by atoms with Gasteiger partial charge in [-0.1, -0.05) is 0 Å². The second kappa shape index (κ2) is 4.23. The van der Waals surface area contributed by atoms with E-state index in [1.54, 1.807) is 14.1 Å². The quantitative estimate of drug-likeness (QED) is 0.583. The highest BCUT2D eigenvalue weighted by atomic mass is 16.5. The van der Waals surface area contributed by atoms with Crippen molar-refractivity contribution in [3.05, 3.63) is 0 Å². The minimum absolute atomic E-state index is 0.161. The third-order valence-corrected chi connectivity index (χ3v) is 2.10. The van der Waals surface area contributed by atoms with Crippen molar-refractivity contribution in [2.24, 2.45) is 0 Å².